The van der Waals surface area contributed by atoms with E-state index in [1.807, 2.05) is 39.8 Å². The molecule has 1 N–H and O–H groups in total. The molecule has 4 nitrogen and oxygen atoms in total. The highest BCUT2D eigenvalue weighted by molar-refractivity contribution is 5.97. The molecule has 1 aliphatic rings. The number of carbonyl (C=O) groups excluding carboxylic acids is 1. The molecule has 1 aliphatic carbocycles. The minimum absolute atomic E-state index is 0.0149. The third-order valence-electron chi connectivity index (χ3n) is 4.80. The van der Waals surface area contributed by atoms with Crippen molar-refractivity contribution in [3.05, 3.63) is 23.3 Å². The molecule has 0 unspecified atom stereocenters. The fourth-order valence-electron chi connectivity index (χ4n) is 3.82. The Hall–Kier alpha value is -1.55. The third-order valence-corrected chi connectivity index (χ3v) is 4.80. The summed E-state index contributed by atoms with van der Waals surface area (Å²) in [7, 11) is 0. The van der Waals surface area contributed by atoms with Crippen molar-refractivity contribution in [2.24, 2.45) is 5.92 Å². The van der Waals surface area contributed by atoms with Gasteiger partial charge in [0.25, 0.3) is 5.91 Å². The minimum atomic E-state index is -0.688. The van der Waals surface area contributed by atoms with Gasteiger partial charge in [0.15, 0.2) is 0 Å². The molecule has 0 heterocycles. The molecule has 2 atom stereocenters. The fraction of sp³-hybridized carbons (Fsp3) is 0.650. The van der Waals surface area contributed by atoms with Gasteiger partial charge in [0, 0.05) is 12.3 Å². The molecule has 134 valence electrons. The Kier molecular flexibility index (Phi) is 6.27. The van der Waals surface area contributed by atoms with Gasteiger partial charge in [-0.15, -0.1) is 0 Å². The van der Waals surface area contributed by atoms with Crippen LogP contribution in [-0.2, 0) is 9.53 Å². The summed E-state index contributed by atoms with van der Waals surface area (Å²) in [6.07, 6.45) is 3.80. The summed E-state index contributed by atoms with van der Waals surface area (Å²) in [5.41, 5.74) is 2.20. The minimum Gasteiger partial charge on any atom is -0.493 e. The quantitative estimate of drug-likeness (QED) is 0.826. The van der Waals surface area contributed by atoms with Gasteiger partial charge in [-0.05, 0) is 76.1 Å². The van der Waals surface area contributed by atoms with Gasteiger partial charge in [0.2, 0.25) is 0 Å². The van der Waals surface area contributed by atoms with E-state index in [0.29, 0.717) is 19.1 Å². The predicted octanol–water partition coefficient (Wildman–Crippen LogP) is 4.63. The number of rotatable bonds is 6. The number of nitrogens with one attached hydrogen (secondary N) is 1. The Morgan fingerprint density at radius 1 is 1.25 bits per heavy atom. The highest BCUT2D eigenvalue weighted by atomic mass is 16.5. The van der Waals surface area contributed by atoms with Crippen molar-refractivity contribution in [2.45, 2.75) is 65.9 Å². The number of hydrogen-bond donors (Lipinski definition) is 1. The molecule has 1 fully saturated rings. The van der Waals surface area contributed by atoms with Gasteiger partial charge in [-0.3, -0.25) is 4.79 Å². The second-order valence-electron chi connectivity index (χ2n) is 6.96. The van der Waals surface area contributed by atoms with E-state index >= 15 is 0 Å². The maximum Gasteiger partial charge on any atom is 0.256 e. The van der Waals surface area contributed by atoms with Gasteiger partial charge >= 0.3 is 0 Å². The van der Waals surface area contributed by atoms with E-state index in [9.17, 15) is 4.79 Å². The van der Waals surface area contributed by atoms with Crippen LogP contribution in [0, 0.1) is 19.8 Å². The van der Waals surface area contributed by atoms with Crippen LogP contribution in [0.1, 0.15) is 57.6 Å². The highest BCUT2D eigenvalue weighted by Crippen LogP contribution is 2.36. The van der Waals surface area contributed by atoms with Gasteiger partial charge in [-0.1, -0.05) is 13.3 Å². The number of carbonyl (C=O) groups is 1. The Labute approximate surface area is 145 Å². The maximum absolute atomic E-state index is 13.0. The summed E-state index contributed by atoms with van der Waals surface area (Å²) in [6, 6.07) is 3.95. The Morgan fingerprint density at radius 2 is 1.92 bits per heavy atom. The van der Waals surface area contributed by atoms with Gasteiger partial charge in [0.1, 0.15) is 11.4 Å². The zero-order valence-electron chi connectivity index (χ0n) is 15.7. The third kappa shape index (κ3) is 4.10. The molecule has 1 aromatic carbocycles. The smallest absolute Gasteiger partial charge is 0.256 e. The average Bonchev–Trinajstić information content (AvgIpc) is 2.51. The Morgan fingerprint density at radius 3 is 2.46 bits per heavy atom. The van der Waals surface area contributed by atoms with Gasteiger partial charge in [0.05, 0.1) is 6.61 Å². The predicted molar refractivity (Wildman–Crippen MR) is 97.7 cm³/mol. The van der Waals surface area contributed by atoms with Gasteiger partial charge in [-0.2, -0.15) is 0 Å². The van der Waals surface area contributed by atoms with E-state index in [1.165, 1.54) is 6.42 Å². The lowest BCUT2D eigenvalue weighted by Gasteiger charge is -2.38. The Bertz CT molecular complexity index is 557. The second kappa shape index (κ2) is 8.02. The summed E-state index contributed by atoms with van der Waals surface area (Å²) in [6.45, 7) is 11.3. The van der Waals surface area contributed by atoms with Crippen molar-refractivity contribution in [1.29, 1.82) is 0 Å². The van der Waals surface area contributed by atoms with Crippen LogP contribution in [0.5, 0.6) is 5.75 Å². The number of hydrogen-bond acceptors (Lipinski definition) is 3. The van der Waals surface area contributed by atoms with Crippen molar-refractivity contribution in [3.63, 3.8) is 0 Å². The van der Waals surface area contributed by atoms with E-state index < -0.39 is 5.60 Å². The van der Waals surface area contributed by atoms with Crippen LogP contribution in [0.15, 0.2) is 12.1 Å². The number of aryl methyl sites for hydroxylation is 2. The van der Waals surface area contributed by atoms with Crippen LogP contribution in [0.25, 0.3) is 0 Å². The first-order chi connectivity index (χ1) is 11.4. The molecule has 0 spiro atoms. The topological polar surface area (TPSA) is 47.6 Å². The van der Waals surface area contributed by atoms with Crippen molar-refractivity contribution in [1.82, 2.24) is 0 Å². The number of amides is 1. The lowest BCUT2D eigenvalue weighted by Crippen LogP contribution is -2.48. The first kappa shape index (κ1) is 18.8. The Balaban J connectivity index is 2.21. The van der Waals surface area contributed by atoms with E-state index in [0.717, 1.165) is 41.8 Å². The maximum atomic E-state index is 13.0. The first-order valence-corrected chi connectivity index (χ1v) is 9.11. The van der Waals surface area contributed by atoms with Crippen LogP contribution in [-0.4, -0.2) is 24.7 Å². The van der Waals surface area contributed by atoms with Gasteiger partial charge in [-0.25, -0.2) is 0 Å². The number of anilines is 1. The number of ether oxygens (including phenoxy) is 2. The SMILES string of the molecule is CCOc1c(C)cc(NC(=O)[C@@]2(OCC)CCC[C@H](C)C2)cc1C. The lowest BCUT2D eigenvalue weighted by molar-refractivity contribution is -0.147. The van der Waals surface area contributed by atoms with Crippen molar-refractivity contribution in [3.8, 4) is 5.75 Å². The van der Waals surface area contributed by atoms with Gasteiger partial charge < -0.3 is 14.8 Å². The van der Waals surface area contributed by atoms with E-state index in [4.69, 9.17) is 9.47 Å². The summed E-state index contributed by atoms with van der Waals surface area (Å²) >= 11 is 0. The highest BCUT2D eigenvalue weighted by Gasteiger charge is 2.42. The monoisotopic (exact) mass is 333 g/mol. The number of benzene rings is 1. The average molecular weight is 333 g/mol. The summed E-state index contributed by atoms with van der Waals surface area (Å²) in [5, 5.41) is 3.09. The first-order valence-electron chi connectivity index (χ1n) is 9.11. The van der Waals surface area contributed by atoms with E-state index in [1.54, 1.807) is 0 Å². The lowest BCUT2D eigenvalue weighted by atomic mass is 9.78. The molecule has 4 heteroatoms. The molecule has 24 heavy (non-hydrogen) atoms. The molecular weight excluding hydrogens is 302 g/mol. The molecule has 1 saturated carbocycles. The molecule has 0 aliphatic heterocycles. The van der Waals surface area contributed by atoms with Crippen LogP contribution in [0.2, 0.25) is 0 Å². The molecule has 1 amide bonds. The van der Waals surface area contributed by atoms with E-state index in [-0.39, 0.29) is 5.91 Å². The summed E-state index contributed by atoms with van der Waals surface area (Å²) in [5.74, 6) is 1.40. The molecule has 0 aromatic heterocycles. The van der Waals surface area contributed by atoms with Crippen LogP contribution in [0.4, 0.5) is 5.69 Å². The van der Waals surface area contributed by atoms with Crippen LogP contribution < -0.4 is 10.1 Å². The van der Waals surface area contributed by atoms with Crippen LogP contribution in [0.3, 0.4) is 0 Å². The standard InChI is InChI=1S/C20H31NO3/c1-6-23-18-15(4)11-17(12-16(18)5)21-19(22)20(24-7-2)10-8-9-14(3)13-20/h11-12,14H,6-10,13H2,1-5H3,(H,21,22)/t14-,20+/m0/s1. The molecular formula is C20H31NO3. The molecule has 0 bridgehead atoms. The summed E-state index contributed by atoms with van der Waals surface area (Å²) in [4.78, 5) is 13.0. The van der Waals surface area contributed by atoms with Crippen molar-refractivity contribution < 1.29 is 14.3 Å². The molecule has 2 rings (SSSR count). The largest absolute Gasteiger partial charge is 0.493 e. The van der Waals surface area contributed by atoms with Crippen molar-refractivity contribution in [2.75, 3.05) is 18.5 Å². The van der Waals surface area contributed by atoms with Crippen molar-refractivity contribution >= 4 is 11.6 Å². The zero-order chi connectivity index (χ0) is 17.7. The molecule has 1 aromatic rings. The van der Waals surface area contributed by atoms with E-state index in [2.05, 4.69) is 12.2 Å². The zero-order valence-corrected chi connectivity index (χ0v) is 15.7. The normalized spacial score (nSPS) is 23.8. The molecule has 0 saturated heterocycles. The van der Waals surface area contributed by atoms with Crippen LogP contribution >= 0.6 is 0 Å². The second-order valence-corrected chi connectivity index (χ2v) is 6.96. The fourth-order valence-corrected chi connectivity index (χ4v) is 3.82. The summed E-state index contributed by atoms with van der Waals surface area (Å²) < 4.78 is 11.6. The molecule has 0 radical (unpaired) electrons.